The lowest BCUT2D eigenvalue weighted by Crippen LogP contribution is -2.37. The average molecular weight is 523 g/mol. The number of halogens is 3. The van der Waals surface area contributed by atoms with Gasteiger partial charge in [0.1, 0.15) is 0 Å². The minimum atomic E-state index is -0.0548. The van der Waals surface area contributed by atoms with Gasteiger partial charge in [0.2, 0.25) is 0 Å². The summed E-state index contributed by atoms with van der Waals surface area (Å²) in [4.78, 5) is 12.4. The molecule has 0 aliphatic carbocycles. The van der Waals surface area contributed by atoms with Gasteiger partial charge in [0.15, 0.2) is 0 Å². The van der Waals surface area contributed by atoms with Crippen LogP contribution in [0, 0.1) is 3.57 Å². The van der Waals surface area contributed by atoms with Crippen LogP contribution in [0.15, 0.2) is 53.0 Å². The van der Waals surface area contributed by atoms with Gasteiger partial charge in [-0.2, -0.15) is 0 Å². The van der Waals surface area contributed by atoms with Gasteiger partial charge in [0.25, 0.3) is 5.91 Å². The van der Waals surface area contributed by atoms with Crippen molar-refractivity contribution in [1.29, 1.82) is 0 Å². The number of benzene rings is 2. The molecule has 5 heteroatoms. The number of hydrogen-bond acceptors (Lipinski definition) is 1. The van der Waals surface area contributed by atoms with Crippen molar-refractivity contribution in [2.24, 2.45) is 0 Å². The molecule has 0 fully saturated rings. The van der Waals surface area contributed by atoms with Crippen molar-refractivity contribution in [3.05, 3.63) is 67.7 Å². The van der Waals surface area contributed by atoms with Crippen LogP contribution >= 0.6 is 54.5 Å². The molecule has 0 aliphatic rings. The van der Waals surface area contributed by atoms with Crippen molar-refractivity contribution in [2.75, 3.05) is 5.33 Å². The third-order valence-corrected chi connectivity index (χ3v) is 5.16. The third-order valence-electron chi connectivity index (χ3n) is 3.02. The zero-order valence-electron chi connectivity index (χ0n) is 11.2. The van der Waals surface area contributed by atoms with Gasteiger partial charge in [-0.05, 0) is 68.7 Å². The number of nitrogens with one attached hydrogen (secondary N) is 1. The molecule has 1 N–H and O–H groups in total. The molecular weight excluding hydrogens is 509 g/mol. The van der Waals surface area contributed by atoms with Crippen LogP contribution in [0.4, 0.5) is 0 Å². The molecule has 0 saturated heterocycles. The van der Waals surface area contributed by atoms with Crippen molar-refractivity contribution in [3.63, 3.8) is 0 Å². The van der Waals surface area contributed by atoms with Gasteiger partial charge in [-0.25, -0.2) is 0 Å². The van der Waals surface area contributed by atoms with Crippen LogP contribution in [0.1, 0.15) is 15.9 Å². The normalized spacial score (nSPS) is 12.0. The molecule has 2 nitrogen and oxygen atoms in total. The van der Waals surface area contributed by atoms with Gasteiger partial charge in [0, 0.05) is 19.4 Å². The third kappa shape index (κ3) is 5.07. The fraction of sp³-hybridized carbons (Fsp3) is 0.188. The second-order valence-electron chi connectivity index (χ2n) is 4.64. The summed E-state index contributed by atoms with van der Waals surface area (Å²) < 4.78 is 1.85. The minimum absolute atomic E-state index is 0.0548. The minimum Gasteiger partial charge on any atom is -0.348 e. The van der Waals surface area contributed by atoms with Gasteiger partial charge < -0.3 is 5.32 Å². The van der Waals surface area contributed by atoms with Crippen LogP contribution in [-0.4, -0.2) is 17.3 Å². The van der Waals surface area contributed by atoms with E-state index in [2.05, 4.69) is 71.9 Å². The van der Waals surface area contributed by atoms with E-state index in [1.807, 2.05) is 36.4 Å². The summed E-state index contributed by atoms with van der Waals surface area (Å²) in [5, 5.41) is 3.80. The Hall–Kier alpha value is -0.400. The van der Waals surface area contributed by atoms with Crippen LogP contribution in [-0.2, 0) is 6.42 Å². The topological polar surface area (TPSA) is 29.1 Å². The van der Waals surface area contributed by atoms with Gasteiger partial charge in [-0.15, -0.1) is 0 Å². The zero-order valence-corrected chi connectivity index (χ0v) is 16.5. The van der Waals surface area contributed by atoms with E-state index in [1.165, 1.54) is 5.56 Å². The Morgan fingerprint density at radius 3 is 2.57 bits per heavy atom. The Morgan fingerprint density at radius 2 is 1.90 bits per heavy atom. The Bertz CT molecular complexity index is 619. The van der Waals surface area contributed by atoms with Crippen LogP contribution < -0.4 is 5.32 Å². The first-order valence-corrected chi connectivity index (χ1v) is 9.45. The molecule has 2 aromatic rings. The maximum absolute atomic E-state index is 12.4. The van der Waals surface area contributed by atoms with Gasteiger partial charge in [-0.1, -0.05) is 46.3 Å². The fourth-order valence-electron chi connectivity index (χ4n) is 1.98. The number of amides is 1. The van der Waals surface area contributed by atoms with Gasteiger partial charge in [0.05, 0.1) is 5.56 Å². The van der Waals surface area contributed by atoms with Crippen molar-refractivity contribution in [2.45, 2.75) is 12.5 Å². The van der Waals surface area contributed by atoms with Crippen molar-refractivity contribution < 1.29 is 4.79 Å². The lowest BCUT2D eigenvalue weighted by atomic mass is 10.1. The first-order valence-electron chi connectivity index (χ1n) is 6.46. The first kappa shape index (κ1) is 17.0. The SMILES string of the molecule is O=C(NC(CBr)Cc1ccccc1)c1cc(I)ccc1Br. The smallest absolute Gasteiger partial charge is 0.252 e. The highest BCUT2D eigenvalue weighted by Crippen LogP contribution is 2.19. The summed E-state index contributed by atoms with van der Waals surface area (Å²) in [6.45, 7) is 0. The number of alkyl halides is 1. The van der Waals surface area contributed by atoms with Crippen LogP contribution in [0.3, 0.4) is 0 Å². The molecular formula is C16H14Br2INO. The van der Waals surface area contributed by atoms with Crippen molar-refractivity contribution in [3.8, 4) is 0 Å². The number of carbonyl (C=O) groups excluding carboxylic acids is 1. The Kier molecular flexibility index (Phi) is 6.70. The highest BCUT2D eigenvalue weighted by Gasteiger charge is 2.15. The zero-order chi connectivity index (χ0) is 15.2. The molecule has 0 aliphatic heterocycles. The van der Waals surface area contributed by atoms with E-state index in [0.717, 1.165) is 19.8 Å². The summed E-state index contributed by atoms with van der Waals surface area (Å²) in [6, 6.07) is 16.0. The maximum Gasteiger partial charge on any atom is 0.252 e. The summed E-state index contributed by atoms with van der Waals surface area (Å²) in [5.41, 5.74) is 1.88. The predicted octanol–water partition coefficient (Wildman–Crippen LogP) is 4.79. The first-order chi connectivity index (χ1) is 10.1. The molecule has 1 amide bonds. The summed E-state index contributed by atoms with van der Waals surface area (Å²) in [6.07, 6.45) is 0.805. The molecule has 0 aromatic heterocycles. The quantitative estimate of drug-likeness (QED) is 0.444. The highest BCUT2D eigenvalue weighted by atomic mass is 127. The summed E-state index contributed by atoms with van der Waals surface area (Å²) >= 11 is 9.12. The molecule has 0 spiro atoms. The monoisotopic (exact) mass is 521 g/mol. The fourth-order valence-corrected chi connectivity index (χ4v) is 3.29. The Morgan fingerprint density at radius 1 is 1.19 bits per heavy atom. The summed E-state index contributed by atoms with van der Waals surface area (Å²) in [5.74, 6) is -0.0548. The molecule has 21 heavy (non-hydrogen) atoms. The number of rotatable bonds is 5. The largest absolute Gasteiger partial charge is 0.348 e. The summed E-state index contributed by atoms with van der Waals surface area (Å²) in [7, 11) is 0. The molecule has 2 aromatic carbocycles. The molecule has 0 radical (unpaired) electrons. The van der Waals surface area contributed by atoms with E-state index in [9.17, 15) is 4.79 Å². The molecule has 110 valence electrons. The van der Waals surface area contributed by atoms with Crippen LogP contribution in [0.5, 0.6) is 0 Å². The molecule has 0 bridgehead atoms. The lowest BCUT2D eigenvalue weighted by Gasteiger charge is -2.17. The molecule has 0 saturated carbocycles. The van der Waals surface area contributed by atoms with Crippen molar-refractivity contribution >= 4 is 60.4 Å². The molecule has 1 unspecified atom stereocenters. The predicted molar refractivity (Wildman–Crippen MR) is 102 cm³/mol. The van der Waals surface area contributed by atoms with Gasteiger partial charge >= 0.3 is 0 Å². The van der Waals surface area contributed by atoms with Crippen LogP contribution in [0.25, 0.3) is 0 Å². The van der Waals surface area contributed by atoms with E-state index in [-0.39, 0.29) is 11.9 Å². The number of carbonyl (C=O) groups is 1. The van der Waals surface area contributed by atoms with E-state index >= 15 is 0 Å². The maximum atomic E-state index is 12.4. The second-order valence-corrected chi connectivity index (χ2v) is 7.39. The van der Waals surface area contributed by atoms with E-state index < -0.39 is 0 Å². The Balaban J connectivity index is 2.07. The standard InChI is InChI=1S/C16H14Br2INO/c17-10-13(8-11-4-2-1-3-5-11)20-16(21)14-9-12(19)6-7-15(14)18/h1-7,9,13H,8,10H2,(H,20,21). The average Bonchev–Trinajstić information content (AvgIpc) is 2.50. The molecule has 2 rings (SSSR count). The van der Waals surface area contributed by atoms with E-state index in [0.29, 0.717) is 5.56 Å². The second kappa shape index (κ2) is 8.29. The van der Waals surface area contributed by atoms with E-state index in [1.54, 1.807) is 0 Å². The molecule has 1 atom stereocenters. The molecule has 0 heterocycles. The lowest BCUT2D eigenvalue weighted by molar-refractivity contribution is 0.0940. The number of hydrogen-bond donors (Lipinski definition) is 1. The Labute approximate surface area is 155 Å². The van der Waals surface area contributed by atoms with E-state index in [4.69, 9.17) is 0 Å². The van der Waals surface area contributed by atoms with Crippen molar-refractivity contribution in [1.82, 2.24) is 5.32 Å². The van der Waals surface area contributed by atoms with Crippen LogP contribution in [0.2, 0.25) is 0 Å². The highest BCUT2D eigenvalue weighted by molar-refractivity contribution is 14.1. The van der Waals surface area contributed by atoms with Gasteiger partial charge in [-0.3, -0.25) is 4.79 Å².